The zero-order chi connectivity index (χ0) is 17.0. The fourth-order valence-corrected chi connectivity index (χ4v) is 7.85. The molecule has 0 radical (unpaired) electrons. The summed E-state index contributed by atoms with van der Waals surface area (Å²) in [6.07, 6.45) is 0. The quantitative estimate of drug-likeness (QED) is 0.300. The van der Waals surface area contributed by atoms with E-state index in [2.05, 4.69) is 59.9 Å². The largest absolute Gasteiger partial charge is 0.142 e. The monoisotopic (exact) mass is 416 g/mol. The molecule has 7 heteroatoms. The molecule has 4 aromatic heterocycles. The molecule has 0 aliphatic carbocycles. The molecule has 0 aromatic carbocycles. The fraction of sp³-hybridized carbons (Fsp3) is 0.111. The van der Waals surface area contributed by atoms with Crippen LogP contribution in [-0.2, 0) is 0 Å². The second-order valence-corrected chi connectivity index (χ2v) is 11.2. The van der Waals surface area contributed by atoms with Gasteiger partial charge in [0.2, 0.25) is 0 Å². The Morgan fingerprint density at radius 1 is 0.680 bits per heavy atom. The zero-order valence-corrected chi connectivity index (χ0v) is 17.5. The van der Waals surface area contributed by atoms with Crippen LogP contribution in [0.3, 0.4) is 0 Å². The van der Waals surface area contributed by atoms with Crippen molar-refractivity contribution in [2.24, 2.45) is 9.63 Å². The SMILES string of the molecule is Cc1ccc(-c2cc3c(s2)-c2sc(-c4ccc(C)s4)cc2SN=N3)s1. The van der Waals surface area contributed by atoms with E-state index in [1.54, 1.807) is 0 Å². The molecule has 0 unspecified atom stereocenters. The summed E-state index contributed by atoms with van der Waals surface area (Å²) in [5.74, 6) is 0. The average Bonchev–Trinajstić information content (AvgIpc) is 3.33. The van der Waals surface area contributed by atoms with Crippen LogP contribution in [0.1, 0.15) is 9.75 Å². The van der Waals surface area contributed by atoms with Crippen LogP contribution in [0.25, 0.3) is 29.3 Å². The molecule has 0 fully saturated rings. The van der Waals surface area contributed by atoms with Gasteiger partial charge in [-0.2, -0.15) is 0 Å². The lowest BCUT2D eigenvalue weighted by Gasteiger charge is -1.94. The van der Waals surface area contributed by atoms with Gasteiger partial charge in [0.25, 0.3) is 0 Å². The molecular weight excluding hydrogens is 405 g/mol. The molecule has 2 nitrogen and oxygen atoms in total. The van der Waals surface area contributed by atoms with Crippen molar-refractivity contribution in [1.29, 1.82) is 0 Å². The minimum Gasteiger partial charge on any atom is -0.142 e. The van der Waals surface area contributed by atoms with Gasteiger partial charge in [0.05, 0.1) is 14.6 Å². The molecule has 0 N–H and O–H groups in total. The molecule has 0 amide bonds. The molecule has 0 atom stereocenters. The lowest BCUT2D eigenvalue weighted by atomic mass is 10.3. The number of hydrogen-bond donors (Lipinski definition) is 0. The summed E-state index contributed by atoms with van der Waals surface area (Å²) in [4.78, 5) is 11.7. The van der Waals surface area contributed by atoms with E-state index in [9.17, 15) is 0 Å². The summed E-state index contributed by atoms with van der Waals surface area (Å²) in [6, 6.07) is 13.2. The van der Waals surface area contributed by atoms with Crippen LogP contribution in [0.5, 0.6) is 0 Å². The first kappa shape index (κ1) is 16.0. The van der Waals surface area contributed by atoms with E-state index in [0.29, 0.717) is 0 Å². The number of rotatable bonds is 2. The molecule has 0 spiro atoms. The van der Waals surface area contributed by atoms with Gasteiger partial charge >= 0.3 is 0 Å². The Kier molecular flexibility index (Phi) is 3.94. The maximum absolute atomic E-state index is 4.45. The molecule has 124 valence electrons. The van der Waals surface area contributed by atoms with Crippen molar-refractivity contribution in [1.82, 2.24) is 0 Å². The van der Waals surface area contributed by atoms with Gasteiger partial charge in [0, 0.05) is 41.2 Å². The van der Waals surface area contributed by atoms with Crippen molar-refractivity contribution in [2.75, 3.05) is 0 Å². The van der Waals surface area contributed by atoms with Crippen LogP contribution >= 0.6 is 57.3 Å². The molecule has 1 aliphatic heterocycles. The second kappa shape index (κ2) is 6.17. The lowest BCUT2D eigenvalue weighted by Crippen LogP contribution is -1.64. The molecule has 4 aromatic rings. The standard InChI is InChI=1S/C18H12N2S5/c1-9-3-5-12(21-9)14-7-11-17(23-14)18-16(25-20-19-11)8-15(24-18)13-6-4-10(2)22-13/h3-8H,1-2H3. The van der Waals surface area contributed by atoms with Gasteiger partial charge in [-0.1, -0.05) is 0 Å². The van der Waals surface area contributed by atoms with E-state index in [1.807, 2.05) is 45.3 Å². The predicted molar refractivity (Wildman–Crippen MR) is 114 cm³/mol. The second-order valence-electron chi connectivity index (χ2n) is 5.72. The molecule has 0 saturated heterocycles. The van der Waals surface area contributed by atoms with Crippen LogP contribution in [-0.4, -0.2) is 0 Å². The summed E-state index contributed by atoms with van der Waals surface area (Å²) in [5.41, 5.74) is 0.994. The summed E-state index contributed by atoms with van der Waals surface area (Å²) in [6.45, 7) is 4.30. The van der Waals surface area contributed by atoms with Gasteiger partial charge in [-0.05, 0) is 50.2 Å². The summed E-state index contributed by atoms with van der Waals surface area (Å²) in [5, 5.41) is 4.45. The van der Waals surface area contributed by atoms with E-state index in [-0.39, 0.29) is 0 Å². The Labute approximate surface area is 166 Å². The van der Waals surface area contributed by atoms with E-state index in [4.69, 9.17) is 0 Å². The maximum Gasteiger partial charge on any atom is 0.106 e. The number of hydrogen-bond acceptors (Lipinski definition) is 7. The summed E-state index contributed by atoms with van der Waals surface area (Å²) >= 11 is 8.85. The lowest BCUT2D eigenvalue weighted by molar-refractivity contribution is 1.36. The van der Waals surface area contributed by atoms with Crippen LogP contribution in [0.4, 0.5) is 5.69 Å². The summed E-state index contributed by atoms with van der Waals surface area (Å²) < 4.78 is 4.34. The van der Waals surface area contributed by atoms with Crippen LogP contribution in [0, 0.1) is 13.8 Å². The highest BCUT2D eigenvalue weighted by Crippen LogP contribution is 2.54. The Morgan fingerprint density at radius 3 is 1.96 bits per heavy atom. The minimum absolute atomic E-state index is 0.994. The third-order valence-corrected chi connectivity index (χ3v) is 9.50. The molecule has 5 heterocycles. The number of aryl methyl sites for hydroxylation is 2. The molecule has 5 rings (SSSR count). The van der Waals surface area contributed by atoms with Crippen molar-refractivity contribution in [3.05, 3.63) is 46.2 Å². The molecular formula is C18H12N2S5. The first-order valence-electron chi connectivity index (χ1n) is 7.67. The first-order chi connectivity index (χ1) is 12.2. The van der Waals surface area contributed by atoms with Gasteiger partial charge in [-0.3, -0.25) is 0 Å². The van der Waals surface area contributed by atoms with Crippen molar-refractivity contribution in [3.63, 3.8) is 0 Å². The zero-order valence-electron chi connectivity index (χ0n) is 13.4. The maximum atomic E-state index is 4.45. The Hall–Kier alpha value is -1.25. The smallest absolute Gasteiger partial charge is 0.106 e. The fourth-order valence-electron chi connectivity index (χ4n) is 2.70. The van der Waals surface area contributed by atoms with E-state index >= 15 is 0 Å². The van der Waals surface area contributed by atoms with Gasteiger partial charge in [0.15, 0.2) is 0 Å². The third-order valence-electron chi connectivity index (χ3n) is 3.87. The normalized spacial score (nSPS) is 12.9. The topological polar surface area (TPSA) is 24.7 Å². The summed E-state index contributed by atoms with van der Waals surface area (Å²) in [7, 11) is 0. The first-order valence-corrected chi connectivity index (χ1v) is 11.7. The number of fused-ring (bicyclic) bond motifs is 3. The van der Waals surface area contributed by atoms with Crippen molar-refractivity contribution in [2.45, 2.75) is 18.7 Å². The van der Waals surface area contributed by atoms with Crippen LogP contribution in [0.15, 0.2) is 50.9 Å². The molecule has 1 aliphatic rings. The van der Waals surface area contributed by atoms with Crippen LogP contribution < -0.4 is 0 Å². The molecule has 0 bridgehead atoms. The van der Waals surface area contributed by atoms with Gasteiger partial charge in [-0.25, -0.2) is 0 Å². The Balaban J connectivity index is 1.64. The number of nitrogens with zero attached hydrogens (tertiary/aromatic N) is 2. The van der Waals surface area contributed by atoms with Gasteiger partial charge in [-0.15, -0.1) is 55.0 Å². The minimum atomic E-state index is 0.994. The van der Waals surface area contributed by atoms with E-state index in [1.165, 1.54) is 55.9 Å². The van der Waals surface area contributed by atoms with Gasteiger partial charge in [0.1, 0.15) is 5.69 Å². The predicted octanol–water partition coefficient (Wildman–Crippen LogP) is 8.65. The van der Waals surface area contributed by atoms with Gasteiger partial charge < -0.3 is 0 Å². The molecule has 0 saturated carbocycles. The van der Waals surface area contributed by atoms with E-state index < -0.39 is 0 Å². The highest BCUT2D eigenvalue weighted by Gasteiger charge is 2.22. The highest BCUT2D eigenvalue weighted by molar-refractivity contribution is 7.98. The Morgan fingerprint density at radius 2 is 1.32 bits per heavy atom. The number of thiophene rings is 4. The van der Waals surface area contributed by atoms with Crippen LogP contribution in [0.2, 0.25) is 0 Å². The van der Waals surface area contributed by atoms with Crippen molar-refractivity contribution >= 4 is 63.0 Å². The average molecular weight is 417 g/mol. The highest BCUT2D eigenvalue weighted by atomic mass is 32.2. The van der Waals surface area contributed by atoms with E-state index in [0.717, 1.165) is 5.69 Å². The van der Waals surface area contributed by atoms with Crippen molar-refractivity contribution in [3.8, 4) is 29.3 Å². The Bertz CT molecular complexity index is 1110. The third kappa shape index (κ3) is 2.84. The molecule has 25 heavy (non-hydrogen) atoms. The van der Waals surface area contributed by atoms with Crippen molar-refractivity contribution < 1.29 is 0 Å².